The number of amides is 1. The molecule has 0 spiro atoms. The molecule has 0 saturated heterocycles. The van der Waals surface area contributed by atoms with Crippen molar-refractivity contribution in [1.29, 1.82) is 0 Å². The molecule has 1 N–H and O–H groups in total. The van der Waals surface area contributed by atoms with Crippen LogP contribution in [0, 0.1) is 0 Å². The second kappa shape index (κ2) is 9.73. The summed E-state index contributed by atoms with van der Waals surface area (Å²) in [5.74, 6) is 1.79. The summed E-state index contributed by atoms with van der Waals surface area (Å²) in [4.78, 5) is 12.3. The summed E-state index contributed by atoms with van der Waals surface area (Å²) in [7, 11) is 4.61. The second-order valence-corrected chi connectivity index (χ2v) is 5.76. The fraction of sp³-hybridized carbons (Fsp3) is 0.250. The first-order valence-corrected chi connectivity index (χ1v) is 8.61. The summed E-state index contributed by atoms with van der Waals surface area (Å²) >= 11 is 6.24. The predicted octanol–water partition coefficient (Wildman–Crippen LogP) is 4.42. The maximum absolute atomic E-state index is 12.3. The fourth-order valence-corrected chi connectivity index (χ4v) is 2.65. The van der Waals surface area contributed by atoms with Crippen LogP contribution in [-0.4, -0.2) is 33.8 Å². The zero-order chi connectivity index (χ0) is 19.8. The van der Waals surface area contributed by atoms with Gasteiger partial charge in [-0.25, -0.2) is 0 Å². The van der Waals surface area contributed by atoms with Crippen LogP contribution in [0.5, 0.6) is 23.0 Å². The molecule has 0 aliphatic heterocycles. The van der Waals surface area contributed by atoms with E-state index in [2.05, 4.69) is 5.32 Å². The molecule has 0 radical (unpaired) electrons. The SMILES string of the molecule is CCOc1c(Cl)cc(/C=C/C(=O)Nc2cc(OC)ccc2OC)cc1OC. The first-order chi connectivity index (χ1) is 13.0. The quantitative estimate of drug-likeness (QED) is 0.675. The lowest BCUT2D eigenvalue weighted by Crippen LogP contribution is -2.09. The first-order valence-electron chi connectivity index (χ1n) is 8.23. The Labute approximate surface area is 163 Å². The third kappa shape index (κ3) is 5.31. The molecule has 27 heavy (non-hydrogen) atoms. The van der Waals surface area contributed by atoms with Crippen LogP contribution in [0.2, 0.25) is 5.02 Å². The van der Waals surface area contributed by atoms with Crippen LogP contribution in [0.1, 0.15) is 12.5 Å². The summed E-state index contributed by atoms with van der Waals surface area (Å²) in [6, 6.07) is 8.59. The van der Waals surface area contributed by atoms with Crippen molar-refractivity contribution in [2.45, 2.75) is 6.92 Å². The van der Waals surface area contributed by atoms with E-state index in [1.807, 2.05) is 6.92 Å². The molecule has 2 aromatic carbocycles. The number of carbonyl (C=O) groups excluding carboxylic acids is 1. The Hall–Kier alpha value is -2.86. The predicted molar refractivity (Wildman–Crippen MR) is 106 cm³/mol. The Morgan fingerprint density at radius 3 is 2.44 bits per heavy atom. The third-order valence-corrected chi connectivity index (χ3v) is 3.91. The van der Waals surface area contributed by atoms with Crippen molar-refractivity contribution < 1.29 is 23.7 Å². The highest BCUT2D eigenvalue weighted by molar-refractivity contribution is 6.32. The van der Waals surface area contributed by atoms with Gasteiger partial charge in [-0.05, 0) is 42.8 Å². The standard InChI is InChI=1S/C20H22ClNO5/c1-5-27-20-15(21)10-13(11-18(20)26-4)6-9-19(23)22-16-12-14(24-2)7-8-17(16)25-3/h6-12H,5H2,1-4H3,(H,22,23)/b9-6+. The third-order valence-electron chi connectivity index (χ3n) is 3.63. The normalized spacial score (nSPS) is 10.6. The lowest BCUT2D eigenvalue weighted by Gasteiger charge is -2.12. The molecule has 0 aliphatic carbocycles. The molecule has 2 rings (SSSR count). The van der Waals surface area contributed by atoms with Gasteiger partial charge in [0, 0.05) is 12.1 Å². The molecule has 144 valence electrons. The zero-order valence-corrected chi connectivity index (χ0v) is 16.4. The van der Waals surface area contributed by atoms with Gasteiger partial charge in [0.25, 0.3) is 0 Å². The molecule has 0 atom stereocenters. The molecule has 1 amide bonds. The van der Waals surface area contributed by atoms with Crippen LogP contribution < -0.4 is 24.3 Å². The smallest absolute Gasteiger partial charge is 0.248 e. The van der Waals surface area contributed by atoms with Crippen LogP contribution in [0.3, 0.4) is 0 Å². The number of halogens is 1. The van der Waals surface area contributed by atoms with Crippen molar-refractivity contribution in [3.63, 3.8) is 0 Å². The van der Waals surface area contributed by atoms with E-state index in [-0.39, 0.29) is 5.91 Å². The maximum Gasteiger partial charge on any atom is 0.248 e. The van der Waals surface area contributed by atoms with Crippen LogP contribution in [-0.2, 0) is 4.79 Å². The monoisotopic (exact) mass is 391 g/mol. The number of benzene rings is 2. The number of carbonyl (C=O) groups is 1. The van der Waals surface area contributed by atoms with E-state index in [0.29, 0.717) is 45.9 Å². The van der Waals surface area contributed by atoms with Crippen LogP contribution in [0.4, 0.5) is 5.69 Å². The minimum atomic E-state index is -0.328. The summed E-state index contributed by atoms with van der Waals surface area (Å²) < 4.78 is 21.2. The fourth-order valence-electron chi connectivity index (χ4n) is 2.38. The molecular formula is C20H22ClNO5. The van der Waals surface area contributed by atoms with Gasteiger partial charge in [0.05, 0.1) is 38.6 Å². The Bertz CT molecular complexity index is 835. The highest BCUT2D eigenvalue weighted by Crippen LogP contribution is 2.36. The van der Waals surface area contributed by atoms with Gasteiger partial charge in [-0.1, -0.05) is 11.6 Å². The summed E-state index contributed by atoms with van der Waals surface area (Å²) in [6.45, 7) is 2.33. The zero-order valence-electron chi connectivity index (χ0n) is 15.7. The van der Waals surface area contributed by atoms with Gasteiger partial charge in [-0.15, -0.1) is 0 Å². The number of ether oxygens (including phenoxy) is 4. The minimum absolute atomic E-state index is 0.328. The molecule has 2 aromatic rings. The van der Waals surface area contributed by atoms with Gasteiger partial charge >= 0.3 is 0 Å². The van der Waals surface area contributed by atoms with Crippen molar-refractivity contribution in [1.82, 2.24) is 0 Å². The van der Waals surface area contributed by atoms with Gasteiger partial charge in [-0.3, -0.25) is 4.79 Å². The van der Waals surface area contributed by atoms with E-state index < -0.39 is 0 Å². The van der Waals surface area contributed by atoms with Crippen molar-refractivity contribution in [2.24, 2.45) is 0 Å². The first kappa shape index (κ1) is 20.5. The molecule has 0 saturated carbocycles. The van der Waals surface area contributed by atoms with Crippen molar-refractivity contribution >= 4 is 29.3 Å². The van der Waals surface area contributed by atoms with E-state index in [4.69, 9.17) is 30.5 Å². The molecule has 0 aromatic heterocycles. The molecule has 0 heterocycles. The lowest BCUT2D eigenvalue weighted by molar-refractivity contribution is -0.111. The van der Waals surface area contributed by atoms with Crippen LogP contribution >= 0.6 is 11.6 Å². The highest BCUT2D eigenvalue weighted by atomic mass is 35.5. The van der Waals surface area contributed by atoms with Gasteiger partial charge in [0.15, 0.2) is 11.5 Å². The summed E-state index contributed by atoms with van der Waals surface area (Å²) in [5, 5.41) is 3.17. The topological polar surface area (TPSA) is 66.0 Å². The number of anilines is 1. The van der Waals surface area contributed by atoms with Gasteiger partial charge < -0.3 is 24.3 Å². The highest BCUT2D eigenvalue weighted by Gasteiger charge is 2.11. The average Bonchev–Trinajstić information content (AvgIpc) is 2.68. The van der Waals surface area contributed by atoms with Gasteiger partial charge in [0.2, 0.25) is 5.91 Å². The Balaban J connectivity index is 2.19. The number of methoxy groups -OCH3 is 3. The van der Waals surface area contributed by atoms with Crippen molar-refractivity contribution in [3.8, 4) is 23.0 Å². The summed E-state index contributed by atoms with van der Waals surface area (Å²) in [5.41, 5.74) is 1.21. The van der Waals surface area contributed by atoms with Crippen molar-refractivity contribution in [3.05, 3.63) is 47.0 Å². The van der Waals surface area contributed by atoms with Gasteiger partial charge in [0.1, 0.15) is 11.5 Å². The largest absolute Gasteiger partial charge is 0.497 e. The maximum atomic E-state index is 12.3. The van der Waals surface area contributed by atoms with Crippen LogP contribution in [0.15, 0.2) is 36.4 Å². The second-order valence-electron chi connectivity index (χ2n) is 5.36. The molecule has 0 aliphatic rings. The Morgan fingerprint density at radius 1 is 1.07 bits per heavy atom. The summed E-state index contributed by atoms with van der Waals surface area (Å²) in [6.07, 6.45) is 3.02. The van der Waals surface area contributed by atoms with E-state index in [1.165, 1.54) is 20.3 Å². The number of hydrogen-bond donors (Lipinski definition) is 1. The van der Waals surface area contributed by atoms with E-state index >= 15 is 0 Å². The lowest BCUT2D eigenvalue weighted by atomic mass is 10.2. The Morgan fingerprint density at radius 2 is 1.81 bits per heavy atom. The molecule has 7 heteroatoms. The average molecular weight is 392 g/mol. The molecular weight excluding hydrogens is 370 g/mol. The Kier molecular flexibility index (Phi) is 7.37. The number of hydrogen-bond acceptors (Lipinski definition) is 5. The van der Waals surface area contributed by atoms with Crippen molar-refractivity contribution in [2.75, 3.05) is 33.3 Å². The van der Waals surface area contributed by atoms with E-state index in [0.717, 1.165) is 0 Å². The molecule has 0 fully saturated rings. The number of nitrogens with one attached hydrogen (secondary N) is 1. The van der Waals surface area contributed by atoms with Crippen LogP contribution in [0.25, 0.3) is 6.08 Å². The molecule has 0 bridgehead atoms. The number of rotatable bonds is 8. The minimum Gasteiger partial charge on any atom is -0.497 e. The van der Waals surface area contributed by atoms with Gasteiger partial charge in [-0.2, -0.15) is 0 Å². The van der Waals surface area contributed by atoms with E-state index in [1.54, 1.807) is 43.5 Å². The van der Waals surface area contributed by atoms with E-state index in [9.17, 15) is 4.79 Å². The molecule has 0 unspecified atom stereocenters. The molecule has 6 nitrogen and oxygen atoms in total.